The Morgan fingerprint density at radius 2 is 2.00 bits per heavy atom. The molecule has 10 heteroatoms. The van der Waals surface area contributed by atoms with Gasteiger partial charge in [0.1, 0.15) is 11.9 Å². The molecule has 1 fully saturated rings. The molecule has 0 aliphatic carbocycles. The van der Waals surface area contributed by atoms with E-state index in [-0.39, 0.29) is 24.0 Å². The van der Waals surface area contributed by atoms with Gasteiger partial charge in [-0.2, -0.15) is 0 Å². The zero-order chi connectivity index (χ0) is 28.6. The van der Waals surface area contributed by atoms with Crippen LogP contribution < -0.4 is 0 Å². The number of rotatable bonds is 4. The number of Topliss-reactive ketones (excluding diaryl/α,β-unsaturated/α-hetero) is 1. The summed E-state index contributed by atoms with van der Waals surface area (Å²) >= 11 is 1.52. The summed E-state index contributed by atoms with van der Waals surface area (Å²) in [4.78, 5) is 33.9. The van der Waals surface area contributed by atoms with Gasteiger partial charge < -0.3 is 14.9 Å². The molecule has 1 aliphatic rings. The third-order valence-electron chi connectivity index (χ3n) is 8.09. The lowest BCUT2D eigenvalue weighted by atomic mass is 9.73. The lowest BCUT2D eigenvalue weighted by Gasteiger charge is -2.35. The third kappa shape index (κ3) is 8.37. The largest absolute Gasteiger partial charge is 0.458 e. The van der Waals surface area contributed by atoms with Crippen molar-refractivity contribution in [1.82, 2.24) is 4.98 Å². The molecule has 1 aromatic rings. The summed E-state index contributed by atoms with van der Waals surface area (Å²) in [5.41, 5.74) is 9.60. The van der Waals surface area contributed by atoms with Crippen LogP contribution in [-0.2, 0) is 14.3 Å². The van der Waals surface area contributed by atoms with E-state index in [1.807, 2.05) is 39.2 Å². The van der Waals surface area contributed by atoms with Gasteiger partial charge in [-0.15, -0.1) is 11.3 Å². The molecule has 0 bridgehead atoms. The number of ether oxygens (including phenoxy) is 1. The first kappa shape index (κ1) is 32.0. The van der Waals surface area contributed by atoms with Crippen molar-refractivity contribution in [3.05, 3.63) is 32.1 Å². The van der Waals surface area contributed by atoms with Gasteiger partial charge in [-0.1, -0.05) is 59.0 Å². The van der Waals surface area contributed by atoms with Crippen LogP contribution >= 0.6 is 11.3 Å². The van der Waals surface area contributed by atoms with E-state index in [4.69, 9.17) is 4.74 Å². The maximum atomic E-state index is 13.3. The van der Waals surface area contributed by atoms with E-state index in [0.717, 1.165) is 35.5 Å². The molecule has 2 heterocycles. The maximum Gasteiger partial charge on any atom is 0.309 e. The molecule has 2 N–H and O–H groups in total. The molecule has 0 saturated carbocycles. The summed E-state index contributed by atoms with van der Waals surface area (Å²) in [5.74, 6) is -1.70. The van der Waals surface area contributed by atoms with Crippen molar-refractivity contribution in [1.29, 1.82) is 0 Å². The van der Waals surface area contributed by atoms with E-state index in [9.17, 15) is 25.3 Å². The van der Waals surface area contributed by atoms with E-state index in [2.05, 4.69) is 15.0 Å². The molecule has 38 heavy (non-hydrogen) atoms. The number of aryl methyl sites for hydroxylation is 1. The summed E-state index contributed by atoms with van der Waals surface area (Å²) in [5, 5.41) is 28.8. The first-order valence-corrected chi connectivity index (χ1v) is 14.4. The van der Waals surface area contributed by atoms with E-state index in [0.29, 0.717) is 12.8 Å². The number of carbonyl (C=O) groups is 2. The Balaban J connectivity index is 2.47. The quantitative estimate of drug-likeness (QED) is 0.203. The monoisotopic (exact) mass is 548 g/mol. The fraction of sp³-hybridized carbons (Fsp3) is 0.750. The molecule has 0 amide bonds. The first-order chi connectivity index (χ1) is 17.8. The van der Waals surface area contributed by atoms with Crippen molar-refractivity contribution in [3.8, 4) is 0 Å². The van der Waals surface area contributed by atoms with Crippen LogP contribution in [0, 0.1) is 30.1 Å². The van der Waals surface area contributed by atoms with E-state index < -0.39 is 41.7 Å². The minimum atomic E-state index is -1.29. The zero-order valence-corrected chi connectivity index (χ0v) is 24.6. The number of nitrogens with zero attached hydrogens (tertiary/aromatic N) is 4. The second kappa shape index (κ2) is 14.2. The molecule has 7 atom stereocenters. The predicted octanol–water partition coefficient (Wildman–Crippen LogP) is 6.03. The lowest BCUT2D eigenvalue weighted by Crippen LogP contribution is -2.45. The molecule has 1 aliphatic heterocycles. The highest BCUT2D eigenvalue weighted by Crippen LogP contribution is 2.34. The zero-order valence-electron chi connectivity index (χ0n) is 23.8. The van der Waals surface area contributed by atoms with E-state index in [1.54, 1.807) is 20.8 Å². The standard InChI is InChI=1S/C28H44N4O5S/c1-8-20-11-9-10-16(2)26(35)18(4)27(36)28(6,7)24(33)14-25(34)37-23(13-22(20)31-32-29)17(3)12-21-15-38-19(5)30-21/h12,15-16,18,20,22-24,26,33,35H,8-11,13-14H2,1-7H3/b17-12+/t16?,18?,20?,22-,23-,24?,26-/m0/s1. The lowest BCUT2D eigenvalue weighted by molar-refractivity contribution is -0.154. The predicted molar refractivity (Wildman–Crippen MR) is 149 cm³/mol. The maximum absolute atomic E-state index is 13.3. The number of aliphatic hydroxyl groups is 2. The molecule has 0 spiro atoms. The van der Waals surface area contributed by atoms with Crippen LogP contribution in [0.15, 0.2) is 16.1 Å². The highest BCUT2D eigenvalue weighted by atomic mass is 32.1. The van der Waals surface area contributed by atoms with Crippen LogP contribution in [0.1, 0.15) is 90.8 Å². The van der Waals surface area contributed by atoms with Crippen molar-refractivity contribution in [2.75, 3.05) is 0 Å². The van der Waals surface area contributed by atoms with Crippen LogP contribution in [0.2, 0.25) is 0 Å². The number of carbonyl (C=O) groups excluding carboxylic acids is 2. The second-order valence-electron chi connectivity index (χ2n) is 11.3. The summed E-state index contributed by atoms with van der Waals surface area (Å²) in [6.07, 6.45) is 2.00. The van der Waals surface area contributed by atoms with Gasteiger partial charge in [-0.05, 0) is 55.7 Å². The molecule has 0 radical (unpaired) electrons. The Bertz CT molecular complexity index is 1030. The number of esters is 1. The van der Waals surface area contributed by atoms with Gasteiger partial charge in [0.2, 0.25) is 0 Å². The molecule has 212 valence electrons. The van der Waals surface area contributed by atoms with Gasteiger partial charge in [-0.3, -0.25) is 9.59 Å². The Morgan fingerprint density at radius 1 is 1.32 bits per heavy atom. The van der Waals surface area contributed by atoms with Crippen LogP contribution in [-0.4, -0.2) is 51.3 Å². The average molecular weight is 549 g/mol. The van der Waals surface area contributed by atoms with Crippen molar-refractivity contribution < 1.29 is 24.5 Å². The van der Waals surface area contributed by atoms with Gasteiger partial charge in [0, 0.05) is 22.3 Å². The SMILES string of the molecule is CCC1CCCC(C)[C@H](O)C(C)C(=O)C(C)(C)C(O)CC(=O)O[C@H](/C(C)=C/c2csc(C)n2)C[C@@H]1N=[N+]=[N-]. The molecule has 2 rings (SSSR count). The third-order valence-corrected chi connectivity index (χ3v) is 8.88. The minimum absolute atomic E-state index is 0.0576. The van der Waals surface area contributed by atoms with Crippen molar-refractivity contribution in [2.24, 2.45) is 28.3 Å². The average Bonchev–Trinajstić information content (AvgIpc) is 3.27. The molecule has 0 aromatic carbocycles. The highest BCUT2D eigenvalue weighted by Gasteiger charge is 2.42. The Hall–Kier alpha value is -2.26. The van der Waals surface area contributed by atoms with Gasteiger partial charge in [0.15, 0.2) is 0 Å². The van der Waals surface area contributed by atoms with Gasteiger partial charge in [-0.25, -0.2) is 4.98 Å². The fourth-order valence-electron chi connectivity index (χ4n) is 5.28. The second-order valence-corrected chi connectivity index (χ2v) is 12.4. The van der Waals surface area contributed by atoms with Crippen LogP contribution in [0.5, 0.6) is 0 Å². The highest BCUT2D eigenvalue weighted by molar-refractivity contribution is 7.09. The van der Waals surface area contributed by atoms with Crippen molar-refractivity contribution in [3.63, 3.8) is 0 Å². The number of hydrogen-bond donors (Lipinski definition) is 2. The Morgan fingerprint density at radius 3 is 2.58 bits per heavy atom. The summed E-state index contributed by atoms with van der Waals surface area (Å²) in [6.45, 7) is 12.6. The number of thiazole rings is 1. The van der Waals surface area contributed by atoms with Crippen LogP contribution in [0.25, 0.3) is 16.5 Å². The van der Waals surface area contributed by atoms with Gasteiger partial charge in [0.05, 0.1) is 34.7 Å². The number of aliphatic hydroxyl groups excluding tert-OH is 2. The van der Waals surface area contributed by atoms with Crippen molar-refractivity contribution >= 4 is 29.2 Å². The van der Waals surface area contributed by atoms with Gasteiger partial charge >= 0.3 is 5.97 Å². The van der Waals surface area contributed by atoms with E-state index >= 15 is 0 Å². The topological polar surface area (TPSA) is 145 Å². The summed E-state index contributed by atoms with van der Waals surface area (Å²) in [6, 6.07) is -0.404. The minimum Gasteiger partial charge on any atom is -0.458 e. The fourth-order valence-corrected chi connectivity index (χ4v) is 5.85. The number of hydrogen-bond acceptors (Lipinski definition) is 8. The smallest absolute Gasteiger partial charge is 0.309 e. The number of cyclic esters (lactones) is 1. The normalized spacial score (nSPS) is 32.3. The molecule has 1 saturated heterocycles. The Kier molecular flexibility index (Phi) is 12.0. The summed E-state index contributed by atoms with van der Waals surface area (Å²) in [7, 11) is 0. The molecular weight excluding hydrogens is 504 g/mol. The van der Waals surface area contributed by atoms with Crippen LogP contribution in [0.4, 0.5) is 0 Å². The number of ketones is 1. The molecular formula is C28H44N4O5S. The van der Waals surface area contributed by atoms with Crippen LogP contribution in [0.3, 0.4) is 0 Å². The number of aromatic nitrogens is 1. The number of azide groups is 1. The van der Waals surface area contributed by atoms with E-state index in [1.165, 1.54) is 11.3 Å². The van der Waals surface area contributed by atoms with Crippen molar-refractivity contribution in [2.45, 2.75) is 111 Å². The molecule has 4 unspecified atom stereocenters. The van der Waals surface area contributed by atoms with Gasteiger partial charge in [0.25, 0.3) is 0 Å². The molecule has 1 aromatic heterocycles. The first-order valence-electron chi connectivity index (χ1n) is 13.6. The summed E-state index contributed by atoms with van der Waals surface area (Å²) < 4.78 is 5.89. The molecule has 9 nitrogen and oxygen atoms in total. The Labute approximate surface area is 230 Å².